The molecule has 7 heteroatoms. The Morgan fingerprint density at radius 2 is 1.75 bits per heavy atom. The highest BCUT2D eigenvalue weighted by atomic mass is 127. The second-order valence-electron chi connectivity index (χ2n) is 4.63. The average Bonchev–Trinajstić information content (AvgIpc) is 2.82. The van der Waals surface area contributed by atoms with Crippen LogP contribution in [0.4, 0.5) is 5.69 Å². The second kappa shape index (κ2) is 8.00. The van der Waals surface area contributed by atoms with Crippen molar-refractivity contribution in [1.29, 1.82) is 0 Å². The summed E-state index contributed by atoms with van der Waals surface area (Å²) in [5.74, 6) is -0.570. The third-order valence-corrected chi connectivity index (χ3v) is 4.17. The molecule has 0 amide bonds. The van der Waals surface area contributed by atoms with Crippen molar-refractivity contribution >= 4 is 40.2 Å². The third kappa shape index (κ3) is 3.61. The highest BCUT2D eigenvalue weighted by Gasteiger charge is 2.28. The standard InChI is InChI=1S/C17H16INO5/c1-22-11-7-8-14(13(18)10-11)19-9-5-4-6-12(16(20)23-2)15(19)17(21)24-3/h4-10H,1-3H3. The first-order valence-electron chi connectivity index (χ1n) is 6.92. The molecule has 0 aliphatic carbocycles. The summed E-state index contributed by atoms with van der Waals surface area (Å²) in [5, 5.41) is 0. The molecule has 126 valence electrons. The van der Waals surface area contributed by atoms with Crippen molar-refractivity contribution in [2.75, 3.05) is 26.2 Å². The van der Waals surface area contributed by atoms with E-state index in [0.717, 1.165) is 3.57 Å². The van der Waals surface area contributed by atoms with Gasteiger partial charge in [0.15, 0.2) is 0 Å². The largest absolute Gasteiger partial charge is 0.497 e. The molecule has 0 bridgehead atoms. The highest BCUT2D eigenvalue weighted by molar-refractivity contribution is 14.1. The van der Waals surface area contributed by atoms with Gasteiger partial charge in [0, 0.05) is 9.77 Å². The van der Waals surface area contributed by atoms with Crippen LogP contribution < -0.4 is 9.64 Å². The lowest BCUT2D eigenvalue weighted by atomic mass is 10.1. The van der Waals surface area contributed by atoms with Crippen molar-refractivity contribution in [2.24, 2.45) is 0 Å². The number of hydrogen-bond acceptors (Lipinski definition) is 6. The second-order valence-corrected chi connectivity index (χ2v) is 5.80. The topological polar surface area (TPSA) is 65.1 Å². The Hall–Kier alpha value is -2.29. The maximum atomic E-state index is 12.3. The van der Waals surface area contributed by atoms with Crippen LogP contribution in [0.3, 0.4) is 0 Å². The molecule has 6 nitrogen and oxygen atoms in total. The van der Waals surface area contributed by atoms with Gasteiger partial charge in [-0.25, -0.2) is 9.59 Å². The van der Waals surface area contributed by atoms with Crippen LogP contribution in [0.2, 0.25) is 0 Å². The van der Waals surface area contributed by atoms with Gasteiger partial charge in [0.25, 0.3) is 0 Å². The SMILES string of the molecule is COC(=O)C1=C(C(=O)OC)N(c2ccc(OC)cc2I)C=CC=C1. The Labute approximate surface area is 153 Å². The molecule has 1 aromatic rings. The molecule has 0 aromatic heterocycles. The Morgan fingerprint density at radius 3 is 2.33 bits per heavy atom. The number of allylic oxidation sites excluding steroid dienone is 2. The van der Waals surface area contributed by atoms with Crippen LogP contribution in [0.1, 0.15) is 0 Å². The van der Waals surface area contributed by atoms with Crippen LogP contribution in [0.15, 0.2) is 53.9 Å². The first-order chi connectivity index (χ1) is 11.5. The monoisotopic (exact) mass is 441 g/mol. The molecule has 1 aliphatic rings. The predicted octanol–water partition coefficient (Wildman–Crippen LogP) is 2.79. The molecule has 0 fully saturated rings. The number of benzene rings is 1. The Bertz CT molecular complexity index is 751. The number of ether oxygens (including phenoxy) is 3. The Morgan fingerprint density at radius 1 is 1.04 bits per heavy atom. The van der Waals surface area contributed by atoms with Gasteiger partial charge in [-0.1, -0.05) is 6.08 Å². The van der Waals surface area contributed by atoms with Crippen LogP contribution in [0.5, 0.6) is 5.75 Å². The lowest BCUT2D eigenvalue weighted by Crippen LogP contribution is -2.27. The minimum Gasteiger partial charge on any atom is -0.497 e. The highest BCUT2D eigenvalue weighted by Crippen LogP contribution is 2.32. The number of nitrogens with zero attached hydrogens (tertiary/aromatic N) is 1. The first-order valence-corrected chi connectivity index (χ1v) is 8.00. The first kappa shape index (κ1) is 18.1. The van der Waals surface area contributed by atoms with Crippen molar-refractivity contribution in [3.8, 4) is 5.75 Å². The van der Waals surface area contributed by atoms with Crippen molar-refractivity contribution in [3.63, 3.8) is 0 Å². The summed E-state index contributed by atoms with van der Waals surface area (Å²) in [6, 6.07) is 5.40. The van der Waals surface area contributed by atoms with E-state index in [0.29, 0.717) is 11.4 Å². The molecular formula is C17H16INO5. The van der Waals surface area contributed by atoms with Crippen LogP contribution in [0, 0.1) is 3.57 Å². The Kier molecular flexibility index (Phi) is 6.02. The number of methoxy groups -OCH3 is 3. The average molecular weight is 441 g/mol. The summed E-state index contributed by atoms with van der Waals surface area (Å²) in [7, 11) is 4.10. The summed E-state index contributed by atoms with van der Waals surface area (Å²) in [6.07, 6.45) is 6.58. The van der Waals surface area contributed by atoms with Gasteiger partial charge >= 0.3 is 11.9 Å². The van der Waals surface area contributed by atoms with E-state index in [1.165, 1.54) is 20.3 Å². The maximum absolute atomic E-state index is 12.3. The quantitative estimate of drug-likeness (QED) is 0.529. The van der Waals surface area contributed by atoms with E-state index in [1.807, 2.05) is 6.07 Å². The van der Waals surface area contributed by atoms with E-state index in [1.54, 1.807) is 42.5 Å². The number of carbonyl (C=O) groups excluding carboxylic acids is 2. The lowest BCUT2D eigenvalue weighted by molar-refractivity contribution is -0.139. The van der Waals surface area contributed by atoms with E-state index in [9.17, 15) is 9.59 Å². The predicted molar refractivity (Wildman–Crippen MR) is 97.5 cm³/mol. The molecule has 1 aromatic carbocycles. The molecule has 0 spiro atoms. The number of carbonyl (C=O) groups is 2. The zero-order chi connectivity index (χ0) is 17.7. The fourth-order valence-corrected chi connectivity index (χ4v) is 2.91. The molecule has 0 saturated carbocycles. The van der Waals surface area contributed by atoms with Gasteiger partial charge in [0.1, 0.15) is 11.4 Å². The van der Waals surface area contributed by atoms with Gasteiger partial charge in [0.2, 0.25) is 0 Å². The van der Waals surface area contributed by atoms with Crippen LogP contribution in [-0.4, -0.2) is 33.3 Å². The van der Waals surface area contributed by atoms with Gasteiger partial charge < -0.3 is 19.1 Å². The molecule has 0 N–H and O–H groups in total. The summed E-state index contributed by atoms with van der Waals surface area (Å²) >= 11 is 2.14. The minimum absolute atomic E-state index is 0.0810. The van der Waals surface area contributed by atoms with Gasteiger partial charge in [-0.05, 0) is 52.9 Å². The van der Waals surface area contributed by atoms with E-state index in [4.69, 9.17) is 14.2 Å². The number of anilines is 1. The number of esters is 2. The van der Waals surface area contributed by atoms with E-state index in [-0.39, 0.29) is 11.3 Å². The van der Waals surface area contributed by atoms with E-state index < -0.39 is 11.9 Å². The van der Waals surface area contributed by atoms with Crippen molar-refractivity contribution < 1.29 is 23.8 Å². The van der Waals surface area contributed by atoms with Crippen molar-refractivity contribution in [2.45, 2.75) is 0 Å². The minimum atomic E-state index is -0.641. The summed E-state index contributed by atoms with van der Waals surface area (Å²) < 4.78 is 15.7. The molecular weight excluding hydrogens is 425 g/mol. The molecule has 0 radical (unpaired) electrons. The molecule has 2 rings (SSSR count). The third-order valence-electron chi connectivity index (χ3n) is 3.30. The Balaban J connectivity index is 2.65. The summed E-state index contributed by atoms with van der Waals surface area (Å²) in [6.45, 7) is 0. The summed E-state index contributed by atoms with van der Waals surface area (Å²) in [5.41, 5.74) is 0.900. The zero-order valence-corrected chi connectivity index (χ0v) is 15.6. The smallest absolute Gasteiger partial charge is 0.355 e. The van der Waals surface area contributed by atoms with Gasteiger partial charge in [0.05, 0.1) is 32.6 Å². The van der Waals surface area contributed by atoms with Gasteiger partial charge in [-0.3, -0.25) is 0 Å². The van der Waals surface area contributed by atoms with Crippen molar-refractivity contribution in [3.05, 3.63) is 57.5 Å². The number of hydrogen-bond donors (Lipinski definition) is 0. The zero-order valence-electron chi connectivity index (χ0n) is 13.4. The molecule has 24 heavy (non-hydrogen) atoms. The van der Waals surface area contributed by atoms with E-state index >= 15 is 0 Å². The molecule has 1 aliphatic heterocycles. The van der Waals surface area contributed by atoms with Crippen LogP contribution in [-0.2, 0) is 19.1 Å². The summed E-state index contributed by atoms with van der Waals surface area (Å²) in [4.78, 5) is 26.0. The van der Waals surface area contributed by atoms with Crippen LogP contribution >= 0.6 is 22.6 Å². The van der Waals surface area contributed by atoms with Crippen molar-refractivity contribution in [1.82, 2.24) is 0 Å². The number of halogens is 1. The molecule has 1 heterocycles. The van der Waals surface area contributed by atoms with Crippen LogP contribution in [0.25, 0.3) is 0 Å². The molecule has 0 unspecified atom stereocenters. The normalized spacial score (nSPS) is 13.6. The number of rotatable bonds is 4. The molecule has 0 saturated heterocycles. The lowest BCUT2D eigenvalue weighted by Gasteiger charge is -2.24. The van der Waals surface area contributed by atoms with Gasteiger partial charge in [-0.15, -0.1) is 0 Å². The fourth-order valence-electron chi connectivity index (χ4n) is 2.16. The maximum Gasteiger partial charge on any atom is 0.355 e. The fraction of sp³-hybridized carbons (Fsp3) is 0.176. The molecule has 0 atom stereocenters. The van der Waals surface area contributed by atoms with Gasteiger partial charge in [-0.2, -0.15) is 0 Å². The van der Waals surface area contributed by atoms with E-state index in [2.05, 4.69) is 22.6 Å².